The van der Waals surface area contributed by atoms with E-state index in [1.165, 1.54) is 0 Å². The maximum atomic E-state index is 11.9. The first-order chi connectivity index (χ1) is 8.54. The lowest BCUT2D eigenvalue weighted by atomic mass is 10.0. The molecule has 0 aromatic heterocycles. The van der Waals surface area contributed by atoms with Gasteiger partial charge in [0, 0.05) is 12.6 Å². The molecule has 1 heterocycles. The minimum absolute atomic E-state index is 0.0834. The minimum atomic E-state index is -3.06. The maximum Gasteiger partial charge on any atom is 0.178 e. The van der Waals surface area contributed by atoms with Gasteiger partial charge in [-0.3, -0.25) is 0 Å². The van der Waals surface area contributed by atoms with Crippen LogP contribution in [-0.4, -0.2) is 27.3 Å². The van der Waals surface area contributed by atoms with Gasteiger partial charge in [0.15, 0.2) is 9.84 Å². The van der Waals surface area contributed by atoms with Gasteiger partial charge in [0.2, 0.25) is 0 Å². The van der Waals surface area contributed by atoms with Crippen molar-refractivity contribution in [2.45, 2.75) is 30.7 Å². The highest BCUT2D eigenvalue weighted by Crippen LogP contribution is 2.27. The summed E-state index contributed by atoms with van der Waals surface area (Å²) in [5, 5.41) is 3.20. The Morgan fingerprint density at radius 2 is 2.22 bits per heavy atom. The maximum absolute atomic E-state index is 11.9. The molecular weight excluding hydrogens is 248 g/mol. The van der Waals surface area contributed by atoms with Crippen molar-refractivity contribution in [2.75, 3.05) is 18.8 Å². The zero-order valence-electron chi connectivity index (χ0n) is 10.6. The minimum Gasteiger partial charge on any atom is -0.323 e. The van der Waals surface area contributed by atoms with E-state index < -0.39 is 9.84 Å². The topological polar surface area (TPSA) is 72.2 Å². The number of hydrogen-bond acceptors (Lipinski definition) is 4. The molecule has 0 radical (unpaired) electrons. The summed E-state index contributed by atoms with van der Waals surface area (Å²) in [4.78, 5) is 0.494. The van der Waals surface area contributed by atoms with Crippen LogP contribution in [0.4, 0.5) is 0 Å². The Bertz CT molecular complexity index is 526. The van der Waals surface area contributed by atoms with E-state index >= 15 is 0 Å². The summed E-state index contributed by atoms with van der Waals surface area (Å²) in [6.45, 7) is 3.63. The van der Waals surface area contributed by atoms with Crippen molar-refractivity contribution in [3.63, 3.8) is 0 Å². The third-order valence-corrected chi connectivity index (χ3v) is 5.22. The molecule has 0 saturated carbocycles. The molecule has 0 fully saturated rings. The highest BCUT2D eigenvalue weighted by Gasteiger charge is 2.23. The average Bonchev–Trinajstić information content (AvgIpc) is 2.35. The van der Waals surface area contributed by atoms with Crippen LogP contribution in [0.2, 0.25) is 0 Å². The summed E-state index contributed by atoms with van der Waals surface area (Å²) >= 11 is 0. The van der Waals surface area contributed by atoms with Gasteiger partial charge in [0.1, 0.15) is 0 Å². The van der Waals surface area contributed by atoms with Gasteiger partial charge in [-0.25, -0.2) is 8.42 Å². The molecule has 0 bridgehead atoms. The van der Waals surface area contributed by atoms with Gasteiger partial charge in [0.25, 0.3) is 0 Å². The van der Waals surface area contributed by atoms with Crippen LogP contribution in [0.1, 0.15) is 30.5 Å². The standard InChI is InChI=1S/C13H20N2O2S/c1-2-15-9-12(14)10-5-6-13-11(8-10)4-3-7-18(13,16)17/h5-6,8,12,15H,2-4,7,9,14H2,1H3. The van der Waals surface area contributed by atoms with Crippen LogP contribution in [0.5, 0.6) is 0 Å². The zero-order chi connectivity index (χ0) is 13.2. The van der Waals surface area contributed by atoms with E-state index in [2.05, 4.69) is 5.32 Å². The molecule has 1 aliphatic rings. The third-order valence-electron chi connectivity index (χ3n) is 3.32. The summed E-state index contributed by atoms with van der Waals surface area (Å²) in [6.07, 6.45) is 1.54. The Hall–Kier alpha value is -0.910. The fourth-order valence-electron chi connectivity index (χ4n) is 2.31. The van der Waals surface area contributed by atoms with Crippen LogP contribution in [0.25, 0.3) is 0 Å². The second kappa shape index (κ2) is 5.38. The Kier molecular flexibility index (Phi) is 4.04. The number of fused-ring (bicyclic) bond motifs is 1. The number of hydrogen-bond donors (Lipinski definition) is 2. The van der Waals surface area contributed by atoms with Crippen molar-refractivity contribution in [1.82, 2.24) is 5.32 Å². The van der Waals surface area contributed by atoms with E-state index in [1.807, 2.05) is 19.1 Å². The fraction of sp³-hybridized carbons (Fsp3) is 0.538. The summed E-state index contributed by atoms with van der Waals surface area (Å²) in [7, 11) is -3.06. The third kappa shape index (κ3) is 2.74. The lowest BCUT2D eigenvalue weighted by molar-refractivity contribution is 0.585. The molecule has 0 spiro atoms. The number of rotatable bonds is 4. The fourth-order valence-corrected chi connectivity index (χ4v) is 3.89. The summed E-state index contributed by atoms with van der Waals surface area (Å²) in [5.41, 5.74) is 8.00. The predicted octanol–water partition coefficient (Wildman–Crippen LogP) is 1.02. The van der Waals surface area contributed by atoms with Crippen LogP contribution in [-0.2, 0) is 16.3 Å². The predicted molar refractivity (Wildman–Crippen MR) is 72.3 cm³/mol. The van der Waals surface area contributed by atoms with Crippen LogP contribution in [0.3, 0.4) is 0 Å². The summed E-state index contributed by atoms with van der Waals surface area (Å²) < 4.78 is 23.8. The van der Waals surface area contributed by atoms with Crippen LogP contribution < -0.4 is 11.1 Å². The first-order valence-electron chi connectivity index (χ1n) is 6.36. The molecule has 3 N–H and O–H groups in total. The number of aryl methyl sites for hydroxylation is 1. The Morgan fingerprint density at radius 1 is 1.44 bits per heavy atom. The molecule has 1 aromatic carbocycles. The molecule has 0 amide bonds. The average molecular weight is 268 g/mol. The van der Waals surface area contributed by atoms with Crippen LogP contribution in [0.15, 0.2) is 23.1 Å². The number of likely N-dealkylation sites (N-methyl/N-ethyl adjacent to an activating group) is 1. The van der Waals surface area contributed by atoms with Crippen molar-refractivity contribution < 1.29 is 8.42 Å². The second-order valence-corrected chi connectivity index (χ2v) is 6.78. The molecule has 4 nitrogen and oxygen atoms in total. The van der Waals surface area contributed by atoms with Crippen LogP contribution in [0, 0.1) is 0 Å². The highest BCUT2D eigenvalue weighted by molar-refractivity contribution is 7.91. The van der Waals surface area contributed by atoms with Crippen molar-refractivity contribution >= 4 is 9.84 Å². The normalized spacial score (nSPS) is 19.2. The summed E-state index contributed by atoms with van der Waals surface area (Å²) in [6, 6.07) is 5.42. The van der Waals surface area contributed by atoms with Gasteiger partial charge in [0.05, 0.1) is 10.6 Å². The van der Waals surface area contributed by atoms with E-state index in [0.29, 0.717) is 17.9 Å². The monoisotopic (exact) mass is 268 g/mol. The molecule has 1 unspecified atom stereocenters. The van der Waals surface area contributed by atoms with Gasteiger partial charge in [-0.1, -0.05) is 19.1 Å². The van der Waals surface area contributed by atoms with E-state index in [1.54, 1.807) is 6.07 Å². The van der Waals surface area contributed by atoms with Crippen molar-refractivity contribution in [1.29, 1.82) is 0 Å². The molecule has 5 heteroatoms. The van der Waals surface area contributed by atoms with E-state index in [4.69, 9.17) is 5.73 Å². The van der Waals surface area contributed by atoms with Crippen LogP contribution >= 0.6 is 0 Å². The van der Waals surface area contributed by atoms with Gasteiger partial charge in [-0.05, 0) is 36.6 Å². The summed E-state index contributed by atoms with van der Waals surface area (Å²) in [5.74, 6) is 0.267. The molecule has 1 aliphatic heterocycles. The highest BCUT2D eigenvalue weighted by atomic mass is 32.2. The quantitative estimate of drug-likeness (QED) is 0.855. The SMILES string of the molecule is CCNCC(N)c1ccc2c(c1)CCCS2(=O)=O. The number of sulfone groups is 1. The number of nitrogens with one attached hydrogen (secondary N) is 1. The Balaban J connectivity index is 2.27. The first kappa shape index (κ1) is 13.5. The second-order valence-electron chi connectivity index (χ2n) is 4.70. The molecule has 100 valence electrons. The zero-order valence-corrected chi connectivity index (χ0v) is 11.5. The van der Waals surface area contributed by atoms with Gasteiger partial charge < -0.3 is 11.1 Å². The van der Waals surface area contributed by atoms with Crippen molar-refractivity contribution in [3.8, 4) is 0 Å². The van der Waals surface area contributed by atoms with Gasteiger partial charge in [-0.2, -0.15) is 0 Å². The smallest absolute Gasteiger partial charge is 0.178 e. The van der Waals surface area contributed by atoms with E-state index in [9.17, 15) is 8.42 Å². The molecule has 1 atom stereocenters. The van der Waals surface area contributed by atoms with Gasteiger partial charge >= 0.3 is 0 Å². The number of benzene rings is 1. The van der Waals surface area contributed by atoms with E-state index in [-0.39, 0.29) is 11.8 Å². The number of nitrogens with two attached hydrogens (primary N) is 1. The molecule has 18 heavy (non-hydrogen) atoms. The lowest BCUT2D eigenvalue weighted by Gasteiger charge is -2.19. The Morgan fingerprint density at radius 3 is 2.94 bits per heavy atom. The lowest BCUT2D eigenvalue weighted by Crippen LogP contribution is -2.27. The molecule has 1 aromatic rings. The largest absolute Gasteiger partial charge is 0.323 e. The van der Waals surface area contributed by atoms with Gasteiger partial charge in [-0.15, -0.1) is 0 Å². The van der Waals surface area contributed by atoms with Crippen molar-refractivity contribution in [3.05, 3.63) is 29.3 Å². The molecule has 2 rings (SSSR count). The molecular formula is C13H20N2O2S. The first-order valence-corrected chi connectivity index (χ1v) is 8.01. The Labute approximate surface area is 108 Å². The van der Waals surface area contributed by atoms with Crippen molar-refractivity contribution in [2.24, 2.45) is 5.73 Å². The molecule has 0 saturated heterocycles. The van der Waals surface area contributed by atoms with E-state index in [0.717, 1.165) is 24.1 Å². The molecule has 0 aliphatic carbocycles.